The van der Waals surface area contributed by atoms with Crippen LogP contribution in [-0.4, -0.2) is 44.5 Å². The molecule has 0 unspecified atom stereocenters. The van der Waals surface area contributed by atoms with Gasteiger partial charge in [0.2, 0.25) is 11.6 Å². The standard InChI is InChI=1S/C9H9N3O6S/c1-17-8-7(9(14)18-2)10-5-6(11-8)12-19(15,16)4-3-13/h4-5H,1-2H3,(H,11,12). The molecule has 102 valence electrons. The molecule has 0 aliphatic carbocycles. The zero-order chi connectivity index (χ0) is 14.5. The van der Waals surface area contributed by atoms with E-state index in [1.54, 1.807) is 0 Å². The minimum atomic E-state index is -4.02. The van der Waals surface area contributed by atoms with E-state index in [4.69, 9.17) is 4.74 Å². The van der Waals surface area contributed by atoms with Gasteiger partial charge in [0, 0.05) is 0 Å². The fourth-order valence-electron chi connectivity index (χ4n) is 1.04. The molecule has 0 saturated carbocycles. The molecule has 1 rings (SSSR count). The van der Waals surface area contributed by atoms with Gasteiger partial charge < -0.3 is 9.47 Å². The van der Waals surface area contributed by atoms with Gasteiger partial charge in [0.15, 0.2) is 5.82 Å². The number of esters is 1. The van der Waals surface area contributed by atoms with Crippen molar-refractivity contribution in [1.82, 2.24) is 9.97 Å². The third-order valence-corrected chi connectivity index (χ3v) is 2.66. The Kier molecular flexibility index (Phi) is 4.56. The summed E-state index contributed by atoms with van der Waals surface area (Å²) in [5.41, 5.74) is -0.209. The molecule has 1 N–H and O–H groups in total. The number of anilines is 1. The second kappa shape index (κ2) is 5.94. The number of hydrogen-bond acceptors (Lipinski definition) is 8. The van der Waals surface area contributed by atoms with Crippen LogP contribution in [0, 0.1) is 0 Å². The van der Waals surface area contributed by atoms with Crippen molar-refractivity contribution < 1.29 is 27.5 Å². The molecule has 0 bridgehead atoms. The van der Waals surface area contributed by atoms with Gasteiger partial charge in [0.25, 0.3) is 10.0 Å². The van der Waals surface area contributed by atoms with E-state index in [-0.39, 0.29) is 22.8 Å². The fraction of sp³-hybridized carbons (Fsp3) is 0.222. The monoisotopic (exact) mass is 287 g/mol. The van der Waals surface area contributed by atoms with Crippen molar-refractivity contribution >= 4 is 27.8 Å². The van der Waals surface area contributed by atoms with Gasteiger partial charge in [0.05, 0.1) is 20.4 Å². The van der Waals surface area contributed by atoms with Crippen molar-refractivity contribution in [3.8, 4) is 5.88 Å². The van der Waals surface area contributed by atoms with Crippen molar-refractivity contribution in [3.63, 3.8) is 0 Å². The normalized spacial score (nSPS) is 10.2. The van der Waals surface area contributed by atoms with Gasteiger partial charge in [-0.2, -0.15) is 4.98 Å². The molecule has 1 aromatic rings. The van der Waals surface area contributed by atoms with Crippen LogP contribution in [-0.2, 0) is 19.6 Å². The minimum Gasteiger partial charge on any atom is -0.479 e. The molecule has 0 amide bonds. The number of nitrogens with one attached hydrogen (secondary N) is 1. The van der Waals surface area contributed by atoms with Crippen LogP contribution >= 0.6 is 0 Å². The molecular weight excluding hydrogens is 278 g/mol. The quantitative estimate of drug-likeness (QED) is 0.560. The first-order valence-electron chi connectivity index (χ1n) is 4.66. The maximum atomic E-state index is 11.3. The van der Waals surface area contributed by atoms with Gasteiger partial charge in [-0.05, 0) is 0 Å². The largest absolute Gasteiger partial charge is 0.479 e. The second-order valence-corrected chi connectivity index (χ2v) is 4.52. The molecule has 1 aromatic heterocycles. The van der Waals surface area contributed by atoms with Crippen LogP contribution in [0.3, 0.4) is 0 Å². The van der Waals surface area contributed by atoms with Crippen molar-refractivity contribution in [3.05, 3.63) is 17.3 Å². The predicted molar refractivity (Wildman–Crippen MR) is 62.7 cm³/mol. The van der Waals surface area contributed by atoms with Crippen LogP contribution in [0.5, 0.6) is 5.88 Å². The number of carbonyl (C=O) groups is 1. The van der Waals surface area contributed by atoms with Gasteiger partial charge in [-0.15, -0.1) is 0 Å². The Morgan fingerprint density at radius 2 is 2.16 bits per heavy atom. The lowest BCUT2D eigenvalue weighted by molar-refractivity contribution is 0.0589. The molecule has 0 spiro atoms. The molecule has 1 heterocycles. The van der Waals surface area contributed by atoms with Crippen LogP contribution < -0.4 is 9.46 Å². The van der Waals surface area contributed by atoms with E-state index < -0.39 is 16.0 Å². The topological polar surface area (TPSA) is 125 Å². The summed E-state index contributed by atoms with van der Waals surface area (Å²) in [6.07, 6.45) is 0.977. The van der Waals surface area contributed by atoms with Gasteiger partial charge in [-0.3, -0.25) is 4.72 Å². The van der Waals surface area contributed by atoms with E-state index in [0.717, 1.165) is 19.2 Å². The zero-order valence-electron chi connectivity index (χ0n) is 9.91. The Bertz CT molecular complexity index is 635. The SMILES string of the molecule is COC(=O)c1ncc(NS(=O)(=O)C=C=O)nc1OC. The lowest BCUT2D eigenvalue weighted by Crippen LogP contribution is -2.14. The van der Waals surface area contributed by atoms with Crippen molar-refractivity contribution in [1.29, 1.82) is 0 Å². The highest BCUT2D eigenvalue weighted by atomic mass is 32.2. The number of methoxy groups -OCH3 is 2. The molecule has 0 saturated heterocycles. The first-order chi connectivity index (χ1) is 8.93. The van der Waals surface area contributed by atoms with Gasteiger partial charge >= 0.3 is 5.97 Å². The first kappa shape index (κ1) is 14.6. The van der Waals surface area contributed by atoms with E-state index >= 15 is 0 Å². The summed E-state index contributed by atoms with van der Waals surface area (Å²) in [4.78, 5) is 28.7. The summed E-state index contributed by atoms with van der Waals surface area (Å²) in [6, 6.07) is 0. The number of rotatable bonds is 5. The van der Waals surface area contributed by atoms with Gasteiger partial charge in [-0.1, -0.05) is 0 Å². The van der Waals surface area contributed by atoms with Crippen LogP contribution in [0.1, 0.15) is 10.5 Å². The number of hydrogen-bond donors (Lipinski definition) is 1. The molecule has 19 heavy (non-hydrogen) atoms. The Labute approximate surface area is 108 Å². The number of aromatic nitrogens is 2. The molecule has 0 aromatic carbocycles. The summed E-state index contributed by atoms with van der Waals surface area (Å²) in [6.45, 7) is 0. The first-order valence-corrected chi connectivity index (χ1v) is 6.21. The summed E-state index contributed by atoms with van der Waals surface area (Å²) in [5, 5.41) is 0.287. The zero-order valence-corrected chi connectivity index (χ0v) is 10.7. The number of nitrogens with zero attached hydrogens (tertiary/aromatic N) is 2. The fourth-order valence-corrected chi connectivity index (χ4v) is 1.61. The maximum absolute atomic E-state index is 11.3. The predicted octanol–water partition coefficient (Wildman–Crippen LogP) is -0.641. The molecule has 0 atom stereocenters. The third kappa shape index (κ3) is 3.76. The highest BCUT2D eigenvalue weighted by molar-refractivity contribution is 7.95. The molecule has 0 aliphatic heterocycles. The van der Waals surface area contributed by atoms with E-state index in [1.165, 1.54) is 7.11 Å². The van der Waals surface area contributed by atoms with E-state index in [9.17, 15) is 18.0 Å². The molecule has 0 radical (unpaired) electrons. The molecule has 0 aliphatic rings. The second-order valence-electron chi connectivity index (χ2n) is 2.99. The Morgan fingerprint density at radius 3 is 2.68 bits per heavy atom. The Hall–Kier alpha value is -2.45. The summed E-state index contributed by atoms with van der Waals surface area (Å²) >= 11 is 0. The lowest BCUT2D eigenvalue weighted by Gasteiger charge is -2.07. The highest BCUT2D eigenvalue weighted by Crippen LogP contribution is 2.17. The average Bonchev–Trinajstić information content (AvgIpc) is 2.37. The summed E-state index contributed by atoms with van der Waals surface area (Å²) in [7, 11) is -1.65. The summed E-state index contributed by atoms with van der Waals surface area (Å²) < 4.78 is 33.6. The van der Waals surface area contributed by atoms with Crippen molar-refractivity contribution in [2.24, 2.45) is 0 Å². The Morgan fingerprint density at radius 1 is 1.47 bits per heavy atom. The average molecular weight is 287 g/mol. The third-order valence-electron chi connectivity index (χ3n) is 1.76. The van der Waals surface area contributed by atoms with Crippen LogP contribution in [0.2, 0.25) is 0 Å². The minimum absolute atomic E-state index is 0.209. The van der Waals surface area contributed by atoms with Crippen molar-refractivity contribution in [2.45, 2.75) is 0 Å². The van der Waals surface area contributed by atoms with Gasteiger partial charge in [-0.25, -0.2) is 23.0 Å². The number of carbonyl (C=O) groups excluding carboxylic acids is 2. The molecular formula is C9H9N3O6S. The van der Waals surface area contributed by atoms with Crippen LogP contribution in [0.25, 0.3) is 0 Å². The van der Waals surface area contributed by atoms with Crippen LogP contribution in [0.4, 0.5) is 5.82 Å². The smallest absolute Gasteiger partial charge is 0.362 e. The molecule has 0 fully saturated rings. The highest BCUT2D eigenvalue weighted by Gasteiger charge is 2.18. The van der Waals surface area contributed by atoms with Crippen LogP contribution in [0.15, 0.2) is 11.6 Å². The number of sulfonamides is 1. The van der Waals surface area contributed by atoms with E-state index in [1.807, 2.05) is 4.72 Å². The van der Waals surface area contributed by atoms with E-state index in [0.29, 0.717) is 0 Å². The molecule has 10 heteroatoms. The Balaban J connectivity index is 3.14. The lowest BCUT2D eigenvalue weighted by atomic mass is 10.4. The van der Waals surface area contributed by atoms with Crippen molar-refractivity contribution in [2.75, 3.05) is 18.9 Å². The van der Waals surface area contributed by atoms with E-state index in [2.05, 4.69) is 14.7 Å². The maximum Gasteiger partial charge on any atom is 0.362 e. The van der Waals surface area contributed by atoms with Gasteiger partial charge in [0.1, 0.15) is 11.3 Å². The molecule has 9 nitrogen and oxygen atoms in total. The number of ether oxygens (including phenoxy) is 2. The summed E-state index contributed by atoms with van der Waals surface area (Å²) in [5.74, 6) is -0.115.